The summed E-state index contributed by atoms with van der Waals surface area (Å²) in [5, 5.41) is 3.34. The molecule has 0 aliphatic carbocycles. The van der Waals surface area contributed by atoms with Crippen LogP contribution in [0.2, 0.25) is 0 Å². The Morgan fingerprint density at radius 3 is 2.62 bits per heavy atom. The van der Waals surface area contributed by atoms with Crippen LogP contribution in [0.3, 0.4) is 0 Å². The number of hydrogen-bond acceptors (Lipinski definition) is 3. The molecule has 0 radical (unpaired) electrons. The molecule has 0 aromatic heterocycles. The Kier molecular flexibility index (Phi) is 5.06. The highest BCUT2D eigenvalue weighted by atomic mass is 19.1. The second-order valence-corrected chi connectivity index (χ2v) is 4.85. The number of rotatable bonds is 5. The lowest BCUT2D eigenvalue weighted by Gasteiger charge is -2.14. The fraction of sp³-hybridized carbons (Fsp3) is 0.235. The van der Waals surface area contributed by atoms with Crippen LogP contribution >= 0.6 is 0 Å². The first-order valence-electron chi connectivity index (χ1n) is 6.76. The van der Waals surface area contributed by atoms with Crippen LogP contribution < -0.4 is 5.32 Å². The van der Waals surface area contributed by atoms with Crippen molar-refractivity contribution in [2.75, 3.05) is 7.11 Å². The molecule has 0 spiro atoms. The number of hydrogen-bond donors (Lipinski definition) is 1. The third-order valence-electron chi connectivity index (χ3n) is 3.33. The van der Waals surface area contributed by atoms with E-state index in [9.17, 15) is 9.18 Å². The van der Waals surface area contributed by atoms with Crippen molar-refractivity contribution < 1.29 is 13.9 Å². The molecule has 0 fully saturated rings. The van der Waals surface area contributed by atoms with Gasteiger partial charge in [-0.3, -0.25) is 0 Å². The average Bonchev–Trinajstić information content (AvgIpc) is 2.52. The Bertz CT molecular complexity index is 610. The van der Waals surface area contributed by atoms with Gasteiger partial charge in [-0.25, -0.2) is 9.18 Å². The van der Waals surface area contributed by atoms with E-state index in [4.69, 9.17) is 4.74 Å². The number of methoxy groups -OCH3 is 1. The van der Waals surface area contributed by atoms with Gasteiger partial charge in [-0.05, 0) is 42.3 Å². The molecule has 0 unspecified atom stereocenters. The van der Waals surface area contributed by atoms with E-state index in [0.717, 1.165) is 11.1 Å². The molecule has 0 saturated heterocycles. The number of esters is 1. The number of carbonyl (C=O) groups excluding carboxylic acids is 1. The maximum Gasteiger partial charge on any atom is 0.337 e. The quantitative estimate of drug-likeness (QED) is 0.856. The second kappa shape index (κ2) is 6.99. The summed E-state index contributed by atoms with van der Waals surface area (Å²) in [5.41, 5.74) is 2.54. The lowest BCUT2D eigenvalue weighted by molar-refractivity contribution is 0.0600. The van der Waals surface area contributed by atoms with Gasteiger partial charge in [0.2, 0.25) is 0 Å². The zero-order valence-corrected chi connectivity index (χ0v) is 12.1. The Morgan fingerprint density at radius 1 is 1.24 bits per heavy atom. The molecule has 21 heavy (non-hydrogen) atoms. The van der Waals surface area contributed by atoms with Crippen LogP contribution in [0.15, 0.2) is 48.5 Å². The largest absolute Gasteiger partial charge is 0.465 e. The highest BCUT2D eigenvalue weighted by Gasteiger charge is 2.08. The van der Waals surface area contributed by atoms with Gasteiger partial charge >= 0.3 is 5.97 Å². The lowest BCUT2D eigenvalue weighted by Crippen LogP contribution is -2.18. The molecule has 0 bridgehead atoms. The number of ether oxygens (including phenoxy) is 1. The summed E-state index contributed by atoms with van der Waals surface area (Å²) < 4.78 is 17.6. The van der Waals surface area contributed by atoms with Crippen LogP contribution in [0.25, 0.3) is 0 Å². The number of nitrogens with one attached hydrogen (secondary N) is 1. The molecule has 1 N–H and O–H groups in total. The zero-order valence-electron chi connectivity index (χ0n) is 12.1. The fourth-order valence-electron chi connectivity index (χ4n) is 2.07. The molecule has 2 rings (SSSR count). The molecule has 0 aliphatic heterocycles. The Labute approximate surface area is 123 Å². The summed E-state index contributed by atoms with van der Waals surface area (Å²) >= 11 is 0. The number of benzene rings is 2. The molecule has 4 heteroatoms. The minimum atomic E-state index is -0.344. The van der Waals surface area contributed by atoms with Gasteiger partial charge < -0.3 is 10.1 Å². The molecular formula is C17H18FNO2. The van der Waals surface area contributed by atoms with E-state index in [2.05, 4.69) is 5.32 Å². The molecule has 0 heterocycles. The number of halogens is 1. The molecule has 0 saturated carbocycles. The normalized spacial score (nSPS) is 12.0. The van der Waals surface area contributed by atoms with Gasteiger partial charge in [0.1, 0.15) is 5.82 Å². The van der Waals surface area contributed by atoms with Crippen LogP contribution in [0.1, 0.15) is 34.5 Å². The van der Waals surface area contributed by atoms with Crippen LogP contribution in [-0.4, -0.2) is 13.1 Å². The minimum Gasteiger partial charge on any atom is -0.465 e. The summed E-state index contributed by atoms with van der Waals surface area (Å²) in [5.74, 6) is -0.583. The molecule has 0 aliphatic rings. The molecule has 0 amide bonds. The molecule has 2 aromatic carbocycles. The smallest absolute Gasteiger partial charge is 0.337 e. The van der Waals surface area contributed by atoms with Crippen molar-refractivity contribution in [3.8, 4) is 0 Å². The van der Waals surface area contributed by atoms with E-state index in [1.54, 1.807) is 24.3 Å². The molecule has 1 atom stereocenters. The van der Waals surface area contributed by atoms with Crippen LogP contribution in [0.5, 0.6) is 0 Å². The van der Waals surface area contributed by atoms with Crippen LogP contribution in [0, 0.1) is 5.82 Å². The summed E-state index contributed by atoms with van der Waals surface area (Å²) in [6.07, 6.45) is 0. The van der Waals surface area contributed by atoms with Gasteiger partial charge in [-0.1, -0.05) is 24.3 Å². The SMILES string of the molecule is COC(=O)c1cccc(CN[C@H](C)c2ccc(F)cc2)c1. The highest BCUT2D eigenvalue weighted by molar-refractivity contribution is 5.89. The molecule has 110 valence electrons. The summed E-state index contributed by atoms with van der Waals surface area (Å²) in [7, 11) is 1.36. The fourth-order valence-corrected chi connectivity index (χ4v) is 2.07. The molecule has 2 aromatic rings. The Morgan fingerprint density at radius 2 is 1.95 bits per heavy atom. The van der Waals surface area contributed by atoms with E-state index >= 15 is 0 Å². The third kappa shape index (κ3) is 4.13. The van der Waals surface area contributed by atoms with Gasteiger partial charge in [-0.2, -0.15) is 0 Å². The third-order valence-corrected chi connectivity index (χ3v) is 3.33. The summed E-state index contributed by atoms with van der Waals surface area (Å²) in [4.78, 5) is 11.5. The summed E-state index contributed by atoms with van der Waals surface area (Å²) in [6.45, 7) is 2.63. The maximum absolute atomic E-state index is 12.9. The standard InChI is InChI=1S/C17H18FNO2/c1-12(14-6-8-16(18)9-7-14)19-11-13-4-3-5-15(10-13)17(20)21-2/h3-10,12,19H,11H2,1-2H3/t12-/m1/s1. The van der Waals surface area contributed by atoms with Crippen molar-refractivity contribution in [3.63, 3.8) is 0 Å². The minimum absolute atomic E-state index is 0.0902. The van der Waals surface area contributed by atoms with Gasteiger partial charge in [0, 0.05) is 12.6 Å². The van der Waals surface area contributed by atoms with Crippen molar-refractivity contribution in [3.05, 3.63) is 71.0 Å². The van der Waals surface area contributed by atoms with E-state index in [1.165, 1.54) is 19.2 Å². The molecular weight excluding hydrogens is 269 g/mol. The second-order valence-electron chi connectivity index (χ2n) is 4.85. The molecule has 3 nitrogen and oxygen atoms in total. The highest BCUT2D eigenvalue weighted by Crippen LogP contribution is 2.14. The average molecular weight is 287 g/mol. The van der Waals surface area contributed by atoms with E-state index in [1.807, 2.05) is 19.1 Å². The van der Waals surface area contributed by atoms with E-state index in [-0.39, 0.29) is 17.8 Å². The van der Waals surface area contributed by atoms with Crippen molar-refractivity contribution in [2.45, 2.75) is 19.5 Å². The van der Waals surface area contributed by atoms with Crippen LogP contribution in [-0.2, 0) is 11.3 Å². The first-order valence-corrected chi connectivity index (χ1v) is 6.76. The summed E-state index contributed by atoms with van der Waals surface area (Å²) in [6, 6.07) is 13.8. The Balaban J connectivity index is 1.99. The first-order chi connectivity index (χ1) is 10.1. The van der Waals surface area contributed by atoms with Crippen molar-refractivity contribution >= 4 is 5.97 Å². The predicted molar refractivity (Wildman–Crippen MR) is 79.4 cm³/mol. The van der Waals surface area contributed by atoms with Gasteiger partial charge in [-0.15, -0.1) is 0 Å². The first kappa shape index (κ1) is 15.2. The van der Waals surface area contributed by atoms with Gasteiger partial charge in [0.15, 0.2) is 0 Å². The van der Waals surface area contributed by atoms with Gasteiger partial charge in [0.25, 0.3) is 0 Å². The van der Waals surface area contributed by atoms with Gasteiger partial charge in [0.05, 0.1) is 12.7 Å². The van der Waals surface area contributed by atoms with Crippen molar-refractivity contribution in [1.82, 2.24) is 5.32 Å². The van der Waals surface area contributed by atoms with E-state index in [0.29, 0.717) is 12.1 Å². The topological polar surface area (TPSA) is 38.3 Å². The number of carbonyl (C=O) groups is 1. The maximum atomic E-state index is 12.9. The lowest BCUT2D eigenvalue weighted by atomic mass is 10.1. The monoisotopic (exact) mass is 287 g/mol. The van der Waals surface area contributed by atoms with Crippen molar-refractivity contribution in [1.29, 1.82) is 0 Å². The van der Waals surface area contributed by atoms with Crippen LogP contribution in [0.4, 0.5) is 4.39 Å². The predicted octanol–water partition coefficient (Wildman–Crippen LogP) is 3.46. The van der Waals surface area contributed by atoms with Crippen molar-refractivity contribution in [2.24, 2.45) is 0 Å². The Hall–Kier alpha value is -2.20. The van der Waals surface area contributed by atoms with E-state index < -0.39 is 0 Å². The zero-order chi connectivity index (χ0) is 15.2.